The van der Waals surface area contributed by atoms with E-state index in [1.54, 1.807) is 17.4 Å². The number of thiazole rings is 1. The van der Waals surface area contributed by atoms with Gasteiger partial charge in [-0.2, -0.15) is 0 Å². The number of nitrogens with zero attached hydrogens (tertiary/aromatic N) is 1. The first-order chi connectivity index (χ1) is 9.11. The molecule has 102 valence electrons. The zero-order valence-electron chi connectivity index (χ0n) is 11.5. The molecule has 1 atom stereocenters. The Hall–Kier alpha value is -1.26. The molecule has 1 heterocycles. The average Bonchev–Trinajstić information content (AvgIpc) is 2.68. The molecule has 2 rings (SSSR count). The number of nitrogens with one attached hydrogen (secondary N) is 1. The van der Waals surface area contributed by atoms with E-state index in [-0.39, 0.29) is 11.9 Å². The van der Waals surface area contributed by atoms with Crippen LogP contribution < -0.4 is 5.32 Å². The van der Waals surface area contributed by atoms with Gasteiger partial charge >= 0.3 is 0 Å². The van der Waals surface area contributed by atoms with Crippen molar-refractivity contribution in [3.63, 3.8) is 0 Å². The maximum absolute atomic E-state index is 13.9. The van der Waals surface area contributed by atoms with Crippen LogP contribution in [-0.4, -0.2) is 11.5 Å². The van der Waals surface area contributed by atoms with E-state index in [1.165, 1.54) is 10.9 Å². The number of hydrogen-bond acceptors (Lipinski definition) is 3. The van der Waals surface area contributed by atoms with Gasteiger partial charge in [0.05, 0.1) is 10.7 Å². The van der Waals surface area contributed by atoms with E-state index in [4.69, 9.17) is 0 Å². The number of aromatic nitrogens is 1. The lowest BCUT2D eigenvalue weighted by Gasteiger charge is -2.17. The van der Waals surface area contributed by atoms with Crippen LogP contribution in [0.1, 0.15) is 34.1 Å². The minimum atomic E-state index is -0.154. The summed E-state index contributed by atoms with van der Waals surface area (Å²) in [6, 6.07) is 6.94. The van der Waals surface area contributed by atoms with Gasteiger partial charge in [0, 0.05) is 22.9 Å². The standard InChI is InChI=1S/C15H19FN2S/c1-4-17-14(12-7-5-6-8-13(12)16)9-15-18-10(2)11(3)19-15/h5-8,14,17H,4,9H2,1-3H3. The summed E-state index contributed by atoms with van der Waals surface area (Å²) in [4.78, 5) is 5.78. The van der Waals surface area contributed by atoms with Crippen LogP contribution >= 0.6 is 11.3 Å². The largest absolute Gasteiger partial charge is 0.310 e. The van der Waals surface area contributed by atoms with Crippen molar-refractivity contribution < 1.29 is 4.39 Å². The van der Waals surface area contributed by atoms with Crippen molar-refractivity contribution in [2.75, 3.05) is 6.54 Å². The van der Waals surface area contributed by atoms with E-state index >= 15 is 0 Å². The van der Waals surface area contributed by atoms with Crippen molar-refractivity contribution in [2.24, 2.45) is 0 Å². The van der Waals surface area contributed by atoms with Crippen molar-refractivity contribution in [1.82, 2.24) is 10.3 Å². The molecule has 19 heavy (non-hydrogen) atoms. The molecule has 1 unspecified atom stereocenters. The first-order valence-electron chi connectivity index (χ1n) is 6.52. The Morgan fingerprint density at radius 1 is 1.32 bits per heavy atom. The number of rotatable bonds is 5. The van der Waals surface area contributed by atoms with Crippen LogP contribution in [-0.2, 0) is 6.42 Å². The van der Waals surface area contributed by atoms with Gasteiger partial charge < -0.3 is 5.32 Å². The zero-order chi connectivity index (χ0) is 13.8. The molecule has 0 spiro atoms. The fourth-order valence-electron chi connectivity index (χ4n) is 2.10. The highest BCUT2D eigenvalue weighted by atomic mass is 32.1. The Balaban J connectivity index is 2.23. The minimum absolute atomic E-state index is 0.0175. The summed E-state index contributed by atoms with van der Waals surface area (Å²) in [6.07, 6.45) is 0.730. The summed E-state index contributed by atoms with van der Waals surface area (Å²) in [5, 5.41) is 4.40. The third-order valence-corrected chi connectivity index (χ3v) is 4.28. The predicted molar refractivity (Wildman–Crippen MR) is 78.1 cm³/mol. The molecule has 0 amide bonds. The molecule has 1 aromatic carbocycles. The van der Waals surface area contributed by atoms with Gasteiger partial charge in [-0.15, -0.1) is 11.3 Å². The highest BCUT2D eigenvalue weighted by Crippen LogP contribution is 2.25. The number of likely N-dealkylation sites (N-methyl/N-ethyl adjacent to an activating group) is 1. The third-order valence-electron chi connectivity index (χ3n) is 3.18. The summed E-state index contributed by atoms with van der Waals surface area (Å²) in [7, 11) is 0. The maximum Gasteiger partial charge on any atom is 0.127 e. The van der Waals surface area contributed by atoms with Crippen LogP contribution in [0.25, 0.3) is 0 Å². The van der Waals surface area contributed by atoms with E-state index in [1.807, 2.05) is 26.0 Å². The Bertz CT molecular complexity index is 531. The van der Waals surface area contributed by atoms with Crippen LogP contribution in [0.2, 0.25) is 0 Å². The highest BCUT2D eigenvalue weighted by Gasteiger charge is 2.17. The Morgan fingerprint density at radius 2 is 2.05 bits per heavy atom. The van der Waals surface area contributed by atoms with Gasteiger partial charge in [-0.1, -0.05) is 25.1 Å². The number of aryl methyl sites for hydroxylation is 2. The van der Waals surface area contributed by atoms with Crippen molar-refractivity contribution in [3.8, 4) is 0 Å². The Labute approximate surface area is 117 Å². The Morgan fingerprint density at radius 3 is 2.63 bits per heavy atom. The van der Waals surface area contributed by atoms with E-state index in [2.05, 4.69) is 17.2 Å². The van der Waals surface area contributed by atoms with Gasteiger partial charge in [-0.3, -0.25) is 0 Å². The number of hydrogen-bond donors (Lipinski definition) is 1. The van der Waals surface area contributed by atoms with Crippen LogP contribution in [0, 0.1) is 19.7 Å². The number of halogens is 1. The topological polar surface area (TPSA) is 24.9 Å². The Kier molecular flexibility index (Phi) is 4.66. The molecular weight excluding hydrogens is 259 g/mol. The average molecular weight is 278 g/mol. The van der Waals surface area contributed by atoms with Crippen molar-refractivity contribution in [2.45, 2.75) is 33.2 Å². The lowest BCUT2D eigenvalue weighted by Crippen LogP contribution is -2.23. The molecule has 0 saturated heterocycles. The quantitative estimate of drug-likeness (QED) is 0.900. The van der Waals surface area contributed by atoms with Gasteiger partial charge in [0.1, 0.15) is 5.82 Å². The van der Waals surface area contributed by atoms with Crippen LogP contribution in [0.15, 0.2) is 24.3 Å². The maximum atomic E-state index is 13.9. The third kappa shape index (κ3) is 3.39. The first-order valence-corrected chi connectivity index (χ1v) is 7.34. The fourth-order valence-corrected chi connectivity index (χ4v) is 3.08. The van der Waals surface area contributed by atoms with Crippen LogP contribution in [0.4, 0.5) is 4.39 Å². The summed E-state index contributed by atoms with van der Waals surface area (Å²) in [6.45, 7) is 6.93. The SMILES string of the molecule is CCNC(Cc1nc(C)c(C)s1)c1ccccc1F. The molecule has 2 aromatic rings. The fraction of sp³-hybridized carbons (Fsp3) is 0.400. The highest BCUT2D eigenvalue weighted by molar-refractivity contribution is 7.11. The normalized spacial score (nSPS) is 12.6. The van der Waals surface area contributed by atoms with Crippen LogP contribution in [0.3, 0.4) is 0 Å². The second-order valence-corrected chi connectivity index (χ2v) is 5.87. The van der Waals surface area contributed by atoms with Crippen molar-refractivity contribution in [3.05, 3.63) is 51.2 Å². The van der Waals surface area contributed by atoms with Gasteiger partial charge in [0.25, 0.3) is 0 Å². The van der Waals surface area contributed by atoms with Crippen LogP contribution in [0.5, 0.6) is 0 Å². The summed E-state index contributed by atoms with van der Waals surface area (Å²) in [5.74, 6) is -0.154. The lowest BCUT2D eigenvalue weighted by molar-refractivity contribution is 0.509. The molecule has 0 radical (unpaired) electrons. The second-order valence-electron chi connectivity index (χ2n) is 4.59. The van der Waals surface area contributed by atoms with Gasteiger partial charge in [0.2, 0.25) is 0 Å². The molecule has 1 N–H and O–H groups in total. The monoisotopic (exact) mass is 278 g/mol. The molecular formula is C15H19FN2S. The first kappa shape index (κ1) is 14.2. The van der Waals surface area contributed by atoms with Gasteiger partial charge in [-0.05, 0) is 26.5 Å². The van der Waals surface area contributed by atoms with Gasteiger partial charge in [-0.25, -0.2) is 9.37 Å². The minimum Gasteiger partial charge on any atom is -0.310 e. The number of benzene rings is 1. The molecule has 0 aliphatic carbocycles. The van der Waals surface area contributed by atoms with Gasteiger partial charge in [0.15, 0.2) is 0 Å². The smallest absolute Gasteiger partial charge is 0.127 e. The lowest BCUT2D eigenvalue weighted by atomic mass is 10.0. The molecule has 1 aromatic heterocycles. The van der Waals surface area contributed by atoms with E-state index < -0.39 is 0 Å². The second kappa shape index (κ2) is 6.26. The summed E-state index contributed by atoms with van der Waals surface area (Å²) >= 11 is 1.70. The molecule has 2 nitrogen and oxygen atoms in total. The van der Waals surface area contributed by atoms with Crippen molar-refractivity contribution in [1.29, 1.82) is 0 Å². The van der Waals surface area contributed by atoms with E-state index in [0.29, 0.717) is 0 Å². The molecule has 0 saturated carbocycles. The van der Waals surface area contributed by atoms with E-state index in [0.717, 1.165) is 29.2 Å². The predicted octanol–water partition coefficient (Wildman–Crippen LogP) is 3.79. The van der Waals surface area contributed by atoms with E-state index in [9.17, 15) is 4.39 Å². The molecule has 0 fully saturated rings. The molecule has 0 aliphatic heterocycles. The summed E-state index contributed by atoms with van der Waals surface area (Å²) in [5.41, 5.74) is 1.79. The summed E-state index contributed by atoms with van der Waals surface area (Å²) < 4.78 is 13.9. The van der Waals surface area contributed by atoms with Crippen molar-refractivity contribution >= 4 is 11.3 Å². The molecule has 0 aliphatic rings. The molecule has 4 heteroatoms. The molecule has 0 bridgehead atoms. The zero-order valence-corrected chi connectivity index (χ0v) is 12.4.